The number of hydrogen-bond donors (Lipinski definition) is 2. The third kappa shape index (κ3) is 3.92. The lowest BCUT2D eigenvalue weighted by Gasteiger charge is -2.19. The quantitative estimate of drug-likeness (QED) is 0.668. The molecular weight excluding hydrogens is 288 g/mol. The highest BCUT2D eigenvalue weighted by molar-refractivity contribution is 5.71. The second-order valence-corrected chi connectivity index (χ2v) is 6.17. The van der Waals surface area contributed by atoms with Crippen molar-refractivity contribution < 1.29 is 5.11 Å². The van der Waals surface area contributed by atoms with Gasteiger partial charge in [0.05, 0.1) is 23.9 Å². The molecule has 5 nitrogen and oxygen atoms in total. The van der Waals surface area contributed by atoms with Gasteiger partial charge in [-0.3, -0.25) is 4.40 Å². The minimum Gasteiger partial charge on any atom is -0.508 e. The van der Waals surface area contributed by atoms with Crippen molar-refractivity contribution in [3.63, 3.8) is 0 Å². The number of rotatable bonds is 4. The predicted molar refractivity (Wildman–Crippen MR) is 93.6 cm³/mol. The molecule has 2 aromatic heterocycles. The fourth-order valence-corrected chi connectivity index (χ4v) is 3.09. The molecular formula is C18H24N4O. The molecule has 2 aromatic rings. The summed E-state index contributed by atoms with van der Waals surface area (Å²) >= 11 is 0. The molecule has 0 aliphatic heterocycles. The lowest BCUT2D eigenvalue weighted by atomic mass is 9.97. The summed E-state index contributed by atoms with van der Waals surface area (Å²) in [6, 6.07) is 3.76. The Labute approximate surface area is 136 Å². The van der Waals surface area contributed by atoms with Crippen LogP contribution in [0.25, 0.3) is 11.3 Å². The van der Waals surface area contributed by atoms with E-state index in [9.17, 15) is 5.11 Å². The molecule has 2 N–H and O–H groups in total. The van der Waals surface area contributed by atoms with Crippen molar-refractivity contribution in [2.75, 3.05) is 0 Å². The lowest BCUT2D eigenvalue weighted by molar-refractivity contribution is 0.431. The van der Waals surface area contributed by atoms with Gasteiger partial charge in [-0.05, 0) is 18.9 Å². The second kappa shape index (κ2) is 7.31. The highest BCUT2D eigenvalue weighted by Crippen LogP contribution is 2.19. The first kappa shape index (κ1) is 15.6. The first-order valence-corrected chi connectivity index (χ1v) is 8.38. The molecule has 0 bridgehead atoms. The molecule has 1 fully saturated rings. The Kier molecular flexibility index (Phi) is 4.95. The molecule has 122 valence electrons. The van der Waals surface area contributed by atoms with Gasteiger partial charge in [-0.2, -0.15) is 0 Å². The predicted octanol–water partition coefficient (Wildman–Crippen LogP) is 3.74. The van der Waals surface area contributed by atoms with Gasteiger partial charge in [0.15, 0.2) is 0 Å². The number of pyridine rings is 1. The molecule has 3 rings (SSSR count). The van der Waals surface area contributed by atoms with Crippen molar-refractivity contribution in [2.45, 2.75) is 51.0 Å². The third-order valence-corrected chi connectivity index (χ3v) is 4.43. The molecule has 5 heteroatoms. The molecule has 1 aliphatic rings. The second-order valence-electron chi connectivity index (χ2n) is 6.17. The minimum absolute atomic E-state index is 0.203. The Morgan fingerprint density at radius 1 is 1.30 bits per heavy atom. The van der Waals surface area contributed by atoms with Gasteiger partial charge in [0, 0.05) is 18.3 Å². The van der Waals surface area contributed by atoms with Crippen LogP contribution in [0.2, 0.25) is 0 Å². The van der Waals surface area contributed by atoms with Gasteiger partial charge in [0.2, 0.25) is 0 Å². The molecule has 0 unspecified atom stereocenters. The first-order valence-electron chi connectivity index (χ1n) is 8.38. The standard InChI is InChI=1S/C18H24N4O/c1-14(17-12-19-18-11-16(23)9-10-22(17)18)20-13-21-15-7-5-3-2-4-6-8-15/h9-13,15,23H,1-8H2,(H,20,21). The largest absolute Gasteiger partial charge is 0.508 e. The average Bonchev–Trinajstić information content (AvgIpc) is 2.92. The monoisotopic (exact) mass is 312 g/mol. The maximum Gasteiger partial charge on any atom is 0.140 e. The highest BCUT2D eigenvalue weighted by atomic mass is 16.3. The number of imidazole rings is 1. The Morgan fingerprint density at radius 2 is 2.04 bits per heavy atom. The van der Waals surface area contributed by atoms with Crippen molar-refractivity contribution >= 4 is 17.7 Å². The molecule has 1 saturated carbocycles. The zero-order valence-electron chi connectivity index (χ0n) is 13.4. The number of aromatic hydroxyl groups is 1. The van der Waals surface area contributed by atoms with Gasteiger partial charge in [-0.15, -0.1) is 0 Å². The number of aliphatic imine (C=N–C) groups is 1. The van der Waals surface area contributed by atoms with Crippen LogP contribution in [-0.4, -0.2) is 26.9 Å². The summed E-state index contributed by atoms with van der Waals surface area (Å²) in [5.74, 6) is 0.203. The Hall–Kier alpha value is -2.30. The zero-order valence-corrected chi connectivity index (χ0v) is 13.4. The zero-order chi connectivity index (χ0) is 16.1. The summed E-state index contributed by atoms with van der Waals surface area (Å²) in [5.41, 5.74) is 2.17. The highest BCUT2D eigenvalue weighted by Gasteiger charge is 2.10. The Bertz CT molecular complexity index is 696. The summed E-state index contributed by atoms with van der Waals surface area (Å²) in [5, 5.41) is 12.9. The number of aromatic nitrogens is 2. The van der Waals surface area contributed by atoms with Crippen LogP contribution in [0.3, 0.4) is 0 Å². The molecule has 0 spiro atoms. The van der Waals surface area contributed by atoms with Crippen LogP contribution in [0.15, 0.2) is 36.1 Å². The molecule has 0 saturated heterocycles. The molecule has 0 atom stereocenters. The van der Waals surface area contributed by atoms with E-state index in [0.29, 0.717) is 17.4 Å². The number of nitrogens with one attached hydrogen (secondary N) is 1. The average molecular weight is 312 g/mol. The minimum atomic E-state index is 0.203. The van der Waals surface area contributed by atoms with Gasteiger partial charge in [-0.1, -0.05) is 38.7 Å². The van der Waals surface area contributed by atoms with Crippen LogP contribution in [0, 0.1) is 0 Å². The third-order valence-electron chi connectivity index (χ3n) is 4.43. The number of fused-ring (bicyclic) bond motifs is 1. The Morgan fingerprint density at radius 3 is 2.83 bits per heavy atom. The van der Waals surface area contributed by atoms with Crippen LogP contribution in [0.1, 0.15) is 50.6 Å². The van der Waals surface area contributed by atoms with Crippen molar-refractivity contribution in [2.24, 2.45) is 4.99 Å². The van der Waals surface area contributed by atoms with E-state index in [1.807, 2.05) is 4.40 Å². The van der Waals surface area contributed by atoms with Gasteiger partial charge in [0.1, 0.15) is 11.4 Å². The normalized spacial score (nSPS) is 17.2. The van der Waals surface area contributed by atoms with Crippen LogP contribution in [-0.2, 0) is 0 Å². The van der Waals surface area contributed by atoms with E-state index in [-0.39, 0.29) is 5.75 Å². The number of hydrogen-bond acceptors (Lipinski definition) is 3. The fraction of sp³-hybridized carbons (Fsp3) is 0.444. The fourth-order valence-electron chi connectivity index (χ4n) is 3.09. The van der Waals surface area contributed by atoms with Crippen LogP contribution in [0.4, 0.5) is 0 Å². The van der Waals surface area contributed by atoms with Crippen molar-refractivity contribution in [3.05, 3.63) is 36.8 Å². The molecule has 0 amide bonds. The van der Waals surface area contributed by atoms with E-state index in [0.717, 1.165) is 5.69 Å². The van der Waals surface area contributed by atoms with Gasteiger partial charge in [-0.25, -0.2) is 9.98 Å². The molecule has 0 aromatic carbocycles. The van der Waals surface area contributed by atoms with E-state index < -0.39 is 0 Å². The first-order chi connectivity index (χ1) is 11.2. The summed E-state index contributed by atoms with van der Waals surface area (Å²) in [7, 11) is 0. The van der Waals surface area contributed by atoms with E-state index in [2.05, 4.69) is 21.9 Å². The van der Waals surface area contributed by atoms with Crippen LogP contribution in [0.5, 0.6) is 5.75 Å². The van der Waals surface area contributed by atoms with E-state index in [4.69, 9.17) is 0 Å². The molecule has 2 heterocycles. The van der Waals surface area contributed by atoms with Gasteiger partial charge >= 0.3 is 0 Å². The van der Waals surface area contributed by atoms with Crippen molar-refractivity contribution in [3.8, 4) is 5.75 Å². The van der Waals surface area contributed by atoms with Gasteiger partial charge < -0.3 is 10.4 Å². The van der Waals surface area contributed by atoms with Gasteiger partial charge in [0.25, 0.3) is 0 Å². The van der Waals surface area contributed by atoms with Crippen molar-refractivity contribution in [1.29, 1.82) is 0 Å². The molecule has 0 radical (unpaired) electrons. The van der Waals surface area contributed by atoms with E-state index in [1.54, 1.807) is 30.9 Å². The van der Waals surface area contributed by atoms with E-state index in [1.165, 1.54) is 44.9 Å². The number of nitrogens with zero attached hydrogens (tertiary/aromatic N) is 3. The van der Waals surface area contributed by atoms with E-state index >= 15 is 0 Å². The molecule has 23 heavy (non-hydrogen) atoms. The van der Waals surface area contributed by atoms with Crippen LogP contribution < -0.4 is 5.32 Å². The SMILES string of the molecule is C=C(/N=C/NC1CCCCCCC1)c1cnc2cc(O)ccn12. The maximum atomic E-state index is 9.49. The maximum absolute atomic E-state index is 9.49. The molecule has 1 aliphatic carbocycles. The smallest absolute Gasteiger partial charge is 0.140 e. The summed E-state index contributed by atoms with van der Waals surface area (Å²) in [4.78, 5) is 8.70. The van der Waals surface area contributed by atoms with Crippen molar-refractivity contribution in [1.82, 2.24) is 14.7 Å². The Balaban J connectivity index is 1.63. The topological polar surface area (TPSA) is 61.9 Å². The van der Waals surface area contributed by atoms with Crippen LogP contribution >= 0.6 is 0 Å². The summed E-state index contributed by atoms with van der Waals surface area (Å²) in [6.07, 6.45) is 14.4. The summed E-state index contributed by atoms with van der Waals surface area (Å²) < 4.78 is 1.87. The summed E-state index contributed by atoms with van der Waals surface area (Å²) in [6.45, 7) is 4.02. The lowest BCUT2D eigenvalue weighted by Crippen LogP contribution is -2.28.